The van der Waals surface area contributed by atoms with E-state index in [4.69, 9.17) is 4.74 Å². The van der Waals surface area contributed by atoms with Gasteiger partial charge in [0.2, 0.25) is 5.95 Å². The Balaban J connectivity index is 1.51. The van der Waals surface area contributed by atoms with Gasteiger partial charge in [-0.1, -0.05) is 18.2 Å². The van der Waals surface area contributed by atoms with Crippen molar-refractivity contribution in [2.45, 2.75) is 13.0 Å². The van der Waals surface area contributed by atoms with Gasteiger partial charge in [-0.3, -0.25) is 4.98 Å². The average Bonchev–Trinajstić information content (AvgIpc) is 2.68. The average molecular weight is 336 g/mol. The second-order valence-corrected chi connectivity index (χ2v) is 5.41. The van der Waals surface area contributed by atoms with Crippen LogP contribution in [0.15, 0.2) is 55.0 Å². The van der Waals surface area contributed by atoms with Crippen molar-refractivity contribution in [1.82, 2.24) is 20.2 Å². The molecule has 0 atom stereocenters. The van der Waals surface area contributed by atoms with Crippen LogP contribution in [0.25, 0.3) is 0 Å². The highest BCUT2D eigenvalue weighted by atomic mass is 16.5. The maximum absolute atomic E-state index is 5.23. The first-order valence-corrected chi connectivity index (χ1v) is 8.03. The summed E-state index contributed by atoms with van der Waals surface area (Å²) in [6.07, 6.45) is 6.02. The number of pyridine rings is 1. The molecule has 128 valence electrons. The fraction of sp³-hybridized carbons (Fsp3) is 0.222. The summed E-state index contributed by atoms with van der Waals surface area (Å²) in [5, 5.41) is 14.4. The van der Waals surface area contributed by atoms with E-state index in [2.05, 4.69) is 36.9 Å². The van der Waals surface area contributed by atoms with Gasteiger partial charge in [0.15, 0.2) is 5.82 Å². The molecule has 0 aliphatic rings. The Labute approximate surface area is 146 Å². The Morgan fingerprint density at radius 1 is 1.04 bits per heavy atom. The zero-order valence-corrected chi connectivity index (χ0v) is 14.0. The Bertz CT molecular complexity index is 796. The summed E-state index contributed by atoms with van der Waals surface area (Å²) >= 11 is 0. The molecule has 1 aromatic carbocycles. The molecule has 3 aromatic rings. The number of hydrogen-bond acceptors (Lipinski definition) is 7. The second-order valence-electron chi connectivity index (χ2n) is 5.41. The van der Waals surface area contributed by atoms with Gasteiger partial charge < -0.3 is 15.4 Å². The molecule has 0 bridgehead atoms. The molecule has 0 aliphatic carbocycles. The monoisotopic (exact) mass is 336 g/mol. The van der Waals surface area contributed by atoms with Crippen molar-refractivity contribution in [3.8, 4) is 5.75 Å². The van der Waals surface area contributed by atoms with Crippen molar-refractivity contribution in [1.29, 1.82) is 0 Å². The molecule has 2 aromatic heterocycles. The molecule has 0 fully saturated rings. The number of methoxy groups -OCH3 is 1. The predicted octanol–water partition coefficient (Wildman–Crippen LogP) is 2.54. The summed E-state index contributed by atoms with van der Waals surface area (Å²) in [7, 11) is 1.67. The molecule has 0 saturated heterocycles. The summed E-state index contributed by atoms with van der Waals surface area (Å²) in [5.41, 5.74) is 2.26. The number of nitrogens with one attached hydrogen (secondary N) is 2. The van der Waals surface area contributed by atoms with Crippen LogP contribution >= 0.6 is 0 Å². The second kappa shape index (κ2) is 8.58. The van der Waals surface area contributed by atoms with Crippen molar-refractivity contribution in [3.63, 3.8) is 0 Å². The molecule has 0 radical (unpaired) electrons. The zero-order chi connectivity index (χ0) is 17.3. The van der Waals surface area contributed by atoms with Gasteiger partial charge >= 0.3 is 0 Å². The first-order valence-electron chi connectivity index (χ1n) is 8.03. The predicted molar refractivity (Wildman–Crippen MR) is 96.6 cm³/mol. The third-order valence-corrected chi connectivity index (χ3v) is 3.59. The molecule has 7 nitrogen and oxygen atoms in total. The van der Waals surface area contributed by atoms with E-state index in [-0.39, 0.29) is 0 Å². The normalized spacial score (nSPS) is 10.3. The van der Waals surface area contributed by atoms with E-state index in [0.717, 1.165) is 24.3 Å². The first-order chi connectivity index (χ1) is 12.3. The van der Waals surface area contributed by atoms with Gasteiger partial charge in [-0.05, 0) is 35.7 Å². The Hall–Kier alpha value is -3.22. The Morgan fingerprint density at radius 2 is 1.96 bits per heavy atom. The zero-order valence-electron chi connectivity index (χ0n) is 14.0. The molecule has 0 spiro atoms. The molecule has 0 unspecified atom stereocenters. The first kappa shape index (κ1) is 16.6. The van der Waals surface area contributed by atoms with E-state index in [9.17, 15) is 0 Å². The summed E-state index contributed by atoms with van der Waals surface area (Å²) in [6, 6.07) is 11.9. The smallest absolute Gasteiger partial charge is 0.244 e. The number of ether oxygens (including phenoxy) is 1. The minimum absolute atomic E-state index is 0.482. The van der Waals surface area contributed by atoms with Gasteiger partial charge in [0.1, 0.15) is 5.75 Å². The molecule has 2 N–H and O–H groups in total. The third-order valence-electron chi connectivity index (χ3n) is 3.59. The lowest BCUT2D eigenvalue weighted by molar-refractivity contribution is 0.414. The number of anilines is 2. The van der Waals surface area contributed by atoms with Crippen LogP contribution in [0.2, 0.25) is 0 Å². The molecule has 0 aliphatic heterocycles. The van der Waals surface area contributed by atoms with Crippen LogP contribution in [-0.4, -0.2) is 33.8 Å². The van der Waals surface area contributed by atoms with Crippen molar-refractivity contribution in [2.24, 2.45) is 0 Å². The highest BCUT2D eigenvalue weighted by Gasteiger charge is 2.01. The van der Waals surface area contributed by atoms with Crippen LogP contribution < -0.4 is 15.4 Å². The van der Waals surface area contributed by atoms with Crippen molar-refractivity contribution < 1.29 is 4.74 Å². The lowest BCUT2D eigenvalue weighted by atomic mass is 10.1. The van der Waals surface area contributed by atoms with E-state index in [1.807, 2.05) is 30.3 Å². The van der Waals surface area contributed by atoms with Gasteiger partial charge in [0.05, 0.1) is 13.3 Å². The molecule has 0 saturated carbocycles. The number of aromatic nitrogens is 4. The van der Waals surface area contributed by atoms with Gasteiger partial charge in [-0.15, -0.1) is 5.10 Å². The van der Waals surface area contributed by atoms with Crippen LogP contribution in [0.1, 0.15) is 11.1 Å². The standard InChI is InChI=1S/C18H20N6O/c1-25-16-6-2-4-14(10-16)7-9-20-17-13-22-24-18(23-17)21-12-15-5-3-8-19-11-15/h2-6,8,10-11,13H,7,9,12H2,1H3,(H2,20,21,23,24). The largest absolute Gasteiger partial charge is 0.497 e. The summed E-state index contributed by atoms with van der Waals surface area (Å²) in [6.45, 7) is 1.34. The minimum Gasteiger partial charge on any atom is -0.497 e. The Morgan fingerprint density at radius 3 is 2.80 bits per heavy atom. The van der Waals surface area contributed by atoms with Crippen molar-refractivity contribution >= 4 is 11.8 Å². The quantitative estimate of drug-likeness (QED) is 0.654. The van der Waals surface area contributed by atoms with Crippen LogP contribution in [0.4, 0.5) is 11.8 Å². The fourth-order valence-electron chi connectivity index (χ4n) is 2.31. The molecule has 25 heavy (non-hydrogen) atoms. The maximum atomic E-state index is 5.23. The molecule has 7 heteroatoms. The lowest BCUT2D eigenvalue weighted by Crippen LogP contribution is -2.10. The van der Waals surface area contributed by atoms with E-state index in [1.54, 1.807) is 25.7 Å². The number of nitrogens with zero attached hydrogens (tertiary/aromatic N) is 4. The maximum Gasteiger partial charge on any atom is 0.244 e. The van der Waals surface area contributed by atoms with Gasteiger partial charge in [-0.25, -0.2) is 0 Å². The van der Waals surface area contributed by atoms with Gasteiger partial charge in [-0.2, -0.15) is 10.1 Å². The van der Waals surface area contributed by atoms with Crippen LogP contribution in [0.5, 0.6) is 5.75 Å². The molecule has 3 rings (SSSR count). The van der Waals surface area contributed by atoms with Gasteiger partial charge in [0.25, 0.3) is 0 Å². The van der Waals surface area contributed by atoms with E-state index < -0.39 is 0 Å². The number of hydrogen-bond donors (Lipinski definition) is 2. The van der Waals surface area contributed by atoms with E-state index >= 15 is 0 Å². The fourth-order valence-corrected chi connectivity index (χ4v) is 2.31. The van der Waals surface area contributed by atoms with Gasteiger partial charge in [0, 0.05) is 25.5 Å². The van der Waals surface area contributed by atoms with Crippen LogP contribution in [-0.2, 0) is 13.0 Å². The summed E-state index contributed by atoms with van der Waals surface area (Å²) in [4.78, 5) is 8.49. The van der Waals surface area contributed by atoms with Crippen molar-refractivity contribution in [2.75, 3.05) is 24.3 Å². The highest BCUT2D eigenvalue weighted by molar-refractivity contribution is 5.38. The number of benzene rings is 1. The van der Waals surface area contributed by atoms with Crippen molar-refractivity contribution in [3.05, 3.63) is 66.1 Å². The topological polar surface area (TPSA) is 84.9 Å². The SMILES string of the molecule is COc1cccc(CCNc2cnnc(NCc3cccnc3)n2)c1. The highest BCUT2D eigenvalue weighted by Crippen LogP contribution is 2.13. The van der Waals surface area contributed by atoms with E-state index in [0.29, 0.717) is 18.3 Å². The molecular formula is C18H20N6O. The summed E-state index contributed by atoms with van der Waals surface area (Å²) < 4.78 is 5.23. The molecule has 2 heterocycles. The molecule has 0 amide bonds. The number of rotatable bonds is 8. The molecular weight excluding hydrogens is 316 g/mol. The third kappa shape index (κ3) is 5.13. The summed E-state index contributed by atoms with van der Waals surface area (Å²) in [5.74, 6) is 2.03. The minimum atomic E-state index is 0.482. The van der Waals surface area contributed by atoms with Crippen LogP contribution in [0, 0.1) is 0 Å². The lowest BCUT2D eigenvalue weighted by Gasteiger charge is -2.08. The Kier molecular flexibility index (Phi) is 5.71. The van der Waals surface area contributed by atoms with Crippen LogP contribution in [0.3, 0.4) is 0 Å². The van der Waals surface area contributed by atoms with E-state index in [1.165, 1.54) is 5.56 Å².